The Labute approximate surface area is 152 Å². The Morgan fingerprint density at radius 2 is 1.88 bits per heavy atom. The highest BCUT2D eigenvalue weighted by molar-refractivity contribution is 5.95. The molecular formula is C20H22FN3O2. The van der Waals surface area contributed by atoms with Crippen LogP contribution in [-0.4, -0.2) is 47.6 Å². The SMILES string of the molecule is O=C1COC2(CCN(Cc3ccccn3)CC2)CN1c1ccc(F)cc1. The molecule has 136 valence electrons. The number of ether oxygens (including phenoxy) is 1. The first-order valence-electron chi connectivity index (χ1n) is 8.96. The van der Waals surface area contributed by atoms with Crippen molar-refractivity contribution in [2.75, 3.05) is 31.1 Å². The van der Waals surface area contributed by atoms with Gasteiger partial charge in [0.25, 0.3) is 5.91 Å². The summed E-state index contributed by atoms with van der Waals surface area (Å²) in [6.45, 7) is 3.24. The van der Waals surface area contributed by atoms with Gasteiger partial charge in [0.15, 0.2) is 0 Å². The highest BCUT2D eigenvalue weighted by atomic mass is 19.1. The third kappa shape index (κ3) is 3.61. The van der Waals surface area contributed by atoms with Crippen LogP contribution in [0.2, 0.25) is 0 Å². The van der Waals surface area contributed by atoms with Crippen LogP contribution >= 0.6 is 0 Å². The largest absolute Gasteiger partial charge is 0.363 e. The summed E-state index contributed by atoms with van der Waals surface area (Å²) in [5.41, 5.74) is 1.48. The fourth-order valence-corrected chi connectivity index (χ4v) is 3.71. The van der Waals surface area contributed by atoms with E-state index >= 15 is 0 Å². The van der Waals surface area contributed by atoms with Crippen LogP contribution in [0.3, 0.4) is 0 Å². The van der Waals surface area contributed by atoms with Gasteiger partial charge in [-0.3, -0.25) is 14.7 Å². The van der Waals surface area contributed by atoms with Crippen molar-refractivity contribution in [3.63, 3.8) is 0 Å². The van der Waals surface area contributed by atoms with Gasteiger partial charge in [-0.15, -0.1) is 0 Å². The van der Waals surface area contributed by atoms with Gasteiger partial charge in [0.2, 0.25) is 0 Å². The highest BCUT2D eigenvalue weighted by Crippen LogP contribution is 2.33. The predicted octanol–water partition coefficient (Wildman–Crippen LogP) is 2.62. The van der Waals surface area contributed by atoms with Crippen LogP contribution in [0.5, 0.6) is 0 Å². The summed E-state index contributed by atoms with van der Waals surface area (Å²) in [7, 11) is 0. The molecule has 0 atom stereocenters. The number of carbonyl (C=O) groups is 1. The zero-order valence-electron chi connectivity index (χ0n) is 14.6. The molecule has 2 fully saturated rings. The Morgan fingerprint density at radius 3 is 2.58 bits per heavy atom. The highest BCUT2D eigenvalue weighted by Gasteiger charge is 2.42. The van der Waals surface area contributed by atoms with Crippen molar-refractivity contribution in [2.45, 2.75) is 25.0 Å². The van der Waals surface area contributed by atoms with Crippen LogP contribution < -0.4 is 4.90 Å². The standard InChI is InChI=1S/C20H22FN3O2/c21-16-4-6-18(7-5-16)24-15-20(26-14-19(24)25)8-11-23(12-9-20)13-17-3-1-2-10-22-17/h1-7,10H,8-9,11-15H2. The zero-order chi connectivity index (χ0) is 18.0. The molecule has 0 saturated carbocycles. The summed E-state index contributed by atoms with van der Waals surface area (Å²) in [5.74, 6) is -0.370. The first kappa shape index (κ1) is 17.1. The summed E-state index contributed by atoms with van der Waals surface area (Å²) in [5, 5.41) is 0. The second-order valence-corrected chi connectivity index (χ2v) is 7.03. The number of amides is 1. The van der Waals surface area contributed by atoms with E-state index < -0.39 is 0 Å². The number of morpholine rings is 1. The smallest absolute Gasteiger partial charge is 0.253 e. The van der Waals surface area contributed by atoms with Gasteiger partial charge in [0.05, 0.1) is 17.8 Å². The summed E-state index contributed by atoms with van der Waals surface area (Å²) in [4.78, 5) is 20.8. The number of pyridine rings is 1. The van der Waals surface area contributed by atoms with E-state index in [1.54, 1.807) is 17.0 Å². The lowest BCUT2D eigenvalue weighted by atomic mass is 9.89. The number of aromatic nitrogens is 1. The lowest BCUT2D eigenvalue weighted by Gasteiger charge is -2.47. The molecule has 1 spiro atoms. The maximum absolute atomic E-state index is 13.2. The molecule has 6 heteroatoms. The van der Waals surface area contributed by atoms with Gasteiger partial charge in [-0.2, -0.15) is 0 Å². The van der Waals surface area contributed by atoms with E-state index in [0.29, 0.717) is 6.54 Å². The number of carbonyl (C=O) groups excluding carboxylic acids is 1. The molecule has 0 unspecified atom stereocenters. The Balaban J connectivity index is 1.41. The fraction of sp³-hybridized carbons (Fsp3) is 0.400. The van der Waals surface area contributed by atoms with Crippen LogP contribution in [0.15, 0.2) is 48.7 Å². The summed E-state index contributed by atoms with van der Waals surface area (Å²) in [6.07, 6.45) is 3.55. The quantitative estimate of drug-likeness (QED) is 0.849. The summed E-state index contributed by atoms with van der Waals surface area (Å²) in [6, 6.07) is 12.1. The van der Waals surface area contributed by atoms with Crippen LogP contribution in [0.4, 0.5) is 10.1 Å². The van der Waals surface area contributed by atoms with Crippen molar-refractivity contribution in [1.29, 1.82) is 0 Å². The first-order chi connectivity index (χ1) is 12.6. The number of hydrogen-bond donors (Lipinski definition) is 0. The van der Waals surface area contributed by atoms with Gasteiger partial charge < -0.3 is 9.64 Å². The second kappa shape index (κ2) is 7.13. The van der Waals surface area contributed by atoms with Crippen LogP contribution in [0, 0.1) is 5.82 Å². The normalized spacial score (nSPS) is 20.5. The number of benzene rings is 1. The van der Waals surface area contributed by atoms with Crippen molar-refractivity contribution < 1.29 is 13.9 Å². The molecule has 4 rings (SSSR count). The van der Waals surface area contributed by atoms with Crippen molar-refractivity contribution in [3.05, 3.63) is 60.2 Å². The molecule has 0 radical (unpaired) electrons. The molecule has 0 bridgehead atoms. The van der Waals surface area contributed by atoms with E-state index in [9.17, 15) is 9.18 Å². The minimum atomic E-state index is -0.317. The Hall–Kier alpha value is -2.31. The molecular weight excluding hydrogens is 333 g/mol. The topological polar surface area (TPSA) is 45.7 Å². The van der Waals surface area contributed by atoms with E-state index in [0.717, 1.165) is 43.9 Å². The van der Waals surface area contributed by atoms with Crippen molar-refractivity contribution in [1.82, 2.24) is 9.88 Å². The van der Waals surface area contributed by atoms with Crippen LogP contribution in [0.25, 0.3) is 0 Å². The summed E-state index contributed by atoms with van der Waals surface area (Å²) >= 11 is 0. The number of likely N-dealkylation sites (tertiary alicyclic amines) is 1. The fourth-order valence-electron chi connectivity index (χ4n) is 3.71. The van der Waals surface area contributed by atoms with E-state index in [1.807, 2.05) is 24.4 Å². The molecule has 1 amide bonds. The van der Waals surface area contributed by atoms with E-state index in [4.69, 9.17) is 4.74 Å². The second-order valence-electron chi connectivity index (χ2n) is 7.03. The maximum Gasteiger partial charge on any atom is 0.253 e. The molecule has 2 aromatic rings. The Kier molecular flexibility index (Phi) is 4.70. The number of anilines is 1. The number of rotatable bonds is 3. The molecule has 2 aliphatic rings. The van der Waals surface area contributed by atoms with Crippen molar-refractivity contribution in [3.8, 4) is 0 Å². The number of hydrogen-bond acceptors (Lipinski definition) is 4. The molecule has 0 N–H and O–H groups in total. The summed E-state index contributed by atoms with van der Waals surface area (Å²) < 4.78 is 19.2. The zero-order valence-corrected chi connectivity index (χ0v) is 14.6. The third-order valence-electron chi connectivity index (χ3n) is 5.27. The molecule has 2 saturated heterocycles. The third-order valence-corrected chi connectivity index (χ3v) is 5.27. The maximum atomic E-state index is 13.2. The van der Waals surface area contributed by atoms with Gasteiger partial charge in [-0.1, -0.05) is 6.07 Å². The lowest BCUT2D eigenvalue weighted by molar-refractivity contribution is -0.145. The molecule has 1 aromatic heterocycles. The van der Waals surface area contributed by atoms with E-state index in [2.05, 4.69) is 9.88 Å². The van der Waals surface area contributed by atoms with Crippen molar-refractivity contribution >= 4 is 11.6 Å². The number of nitrogens with zero attached hydrogens (tertiary/aromatic N) is 3. The minimum absolute atomic E-state index is 0.0712. The molecule has 0 aliphatic carbocycles. The van der Waals surface area contributed by atoms with Gasteiger partial charge in [0.1, 0.15) is 12.4 Å². The molecule has 2 aliphatic heterocycles. The molecule has 26 heavy (non-hydrogen) atoms. The van der Waals surface area contributed by atoms with E-state index in [1.165, 1.54) is 12.1 Å². The van der Waals surface area contributed by atoms with Crippen LogP contribution in [0.1, 0.15) is 18.5 Å². The monoisotopic (exact) mass is 355 g/mol. The average molecular weight is 355 g/mol. The molecule has 5 nitrogen and oxygen atoms in total. The Bertz CT molecular complexity index is 758. The van der Waals surface area contributed by atoms with Gasteiger partial charge in [-0.25, -0.2) is 4.39 Å². The Morgan fingerprint density at radius 1 is 1.12 bits per heavy atom. The molecule has 1 aromatic carbocycles. The lowest BCUT2D eigenvalue weighted by Crippen LogP contribution is -2.58. The minimum Gasteiger partial charge on any atom is -0.363 e. The predicted molar refractivity (Wildman–Crippen MR) is 96.2 cm³/mol. The molecule has 3 heterocycles. The van der Waals surface area contributed by atoms with Crippen LogP contribution in [-0.2, 0) is 16.1 Å². The number of halogens is 1. The van der Waals surface area contributed by atoms with Gasteiger partial charge in [-0.05, 0) is 49.2 Å². The van der Waals surface area contributed by atoms with Crippen molar-refractivity contribution in [2.24, 2.45) is 0 Å². The average Bonchev–Trinajstić information content (AvgIpc) is 2.68. The van der Waals surface area contributed by atoms with Gasteiger partial charge >= 0.3 is 0 Å². The van der Waals surface area contributed by atoms with E-state index in [-0.39, 0.29) is 23.9 Å². The number of piperidine rings is 1. The first-order valence-corrected chi connectivity index (χ1v) is 8.96. The van der Waals surface area contributed by atoms with Gasteiger partial charge in [0, 0.05) is 31.5 Å².